The van der Waals surface area contributed by atoms with Crippen molar-refractivity contribution in [3.8, 4) is 0 Å². The summed E-state index contributed by atoms with van der Waals surface area (Å²) >= 11 is 0. The zero-order valence-corrected chi connectivity index (χ0v) is 11.6. The van der Waals surface area contributed by atoms with Crippen molar-refractivity contribution >= 4 is 11.1 Å². The van der Waals surface area contributed by atoms with Crippen LogP contribution in [0.1, 0.15) is 12.3 Å². The molecule has 0 bridgehead atoms. The fraction of sp³-hybridized carbons (Fsp3) is 0.333. The number of para-hydroxylation sites is 2. The Labute approximate surface area is 117 Å². The van der Waals surface area contributed by atoms with Gasteiger partial charge in [0, 0.05) is 25.5 Å². The molecule has 104 valence electrons. The van der Waals surface area contributed by atoms with Gasteiger partial charge in [-0.2, -0.15) is 0 Å². The third-order valence-electron chi connectivity index (χ3n) is 3.26. The SMILES string of the molecule is CN(CCCn1ccnc1)Cc1nc2ccccc2o1. The molecule has 0 amide bonds. The number of imidazole rings is 1. The predicted molar refractivity (Wildman–Crippen MR) is 77.2 cm³/mol. The molecular formula is C15H18N4O. The standard InChI is InChI=1S/C15H18N4O/c1-18(8-4-9-19-10-7-16-12-19)11-15-17-13-5-2-3-6-14(13)20-15/h2-3,5-7,10,12H,4,8-9,11H2,1H3. The maximum absolute atomic E-state index is 5.72. The molecule has 0 saturated carbocycles. The highest BCUT2D eigenvalue weighted by atomic mass is 16.3. The molecule has 2 heterocycles. The Morgan fingerprint density at radius 2 is 2.20 bits per heavy atom. The molecule has 0 N–H and O–H groups in total. The number of aryl methyl sites for hydroxylation is 1. The van der Waals surface area contributed by atoms with Gasteiger partial charge in [0.1, 0.15) is 5.52 Å². The zero-order valence-electron chi connectivity index (χ0n) is 11.6. The van der Waals surface area contributed by atoms with Crippen LogP contribution in [0.25, 0.3) is 11.1 Å². The second-order valence-corrected chi connectivity index (χ2v) is 4.97. The molecule has 3 aromatic rings. The van der Waals surface area contributed by atoms with Gasteiger partial charge in [0.15, 0.2) is 5.58 Å². The maximum atomic E-state index is 5.72. The lowest BCUT2D eigenvalue weighted by molar-refractivity contribution is 0.283. The third kappa shape index (κ3) is 3.05. The Balaban J connectivity index is 1.51. The van der Waals surface area contributed by atoms with Crippen molar-refractivity contribution in [2.24, 2.45) is 0 Å². The van der Waals surface area contributed by atoms with Crippen LogP contribution in [0.2, 0.25) is 0 Å². The van der Waals surface area contributed by atoms with Crippen LogP contribution in [0, 0.1) is 0 Å². The molecule has 3 rings (SSSR count). The first-order valence-corrected chi connectivity index (χ1v) is 6.80. The minimum absolute atomic E-state index is 0.735. The molecule has 0 atom stereocenters. The Hall–Kier alpha value is -2.14. The van der Waals surface area contributed by atoms with Crippen LogP contribution >= 0.6 is 0 Å². The van der Waals surface area contributed by atoms with Crippen molar-refractivity contribution in [1.29, 1.82) is 0 Å². The van der Waals surface area contributed by atoms with E-state index < -0.39 is 0 Å². The van der Waals surface area contributed by atoms with Gasteiger partial charge in [0.2, 0.25) is 5.89 Å². The topological polar surface area (TPSA) is 47.1 Å². The van der Waals surface area contributed by atoms with Crippen molar-refractivity contribution in [2.75, 3.05) is 13.6 Å². The minimum Gasteiger partial charge on any atom is -0.439 e. The fourth-order valence-corrected chi connectivity index (χ4v) is 2.24. The van der Waals surface area contributed by atoms with Gasteiger partial charge >= 0.3 is 0 Å². The van der Waals surface area contributed by atoms with Crippen molar-refractivity contribution in [3.05, 3.63) is 48.9 Å². The first-order valence-electron chi connectivity index (χ1n) is 6.80. The molecule has 2 aromatic heterocycles. The van der Waals surface area contributed by atoms with Crippen molar-refractivity contribution < 1.29 is 4.42 Å². The van der Waals surface area contributed by atoms with Crippen molar-refractivity contribution in [3.63, 3.8) is 0 Å². The molecule has 0 radical (unpaired) electrons. The predicted octanol–water partition coefficient (Wildman–Crippen LogP) is 2.55. The van der Waals surface area contributed by atoms with Crippen LogP contribution < -0.4 is 0 Å². The Kier molecular flexibility index (Phi) is 3.78. The largest absolute Gasteiger partial charge is 0.439 e. The van der Waals surface area contributed by atoms with Gasteiger partial charge in [0.25, 0.3) is 0 Å². The lowest BCUT2D eigenvalue weighted by Gasteiger charge is -2.14. The lowest BCUT2D eigenvalue weighted by atomic mass is 10.3. The quantitative estimate of drug-likeness (QED) is 0.690. The van der Waals surface area contributed by atoms with Gasteiger partial charge in [-0.25, -0.2) is 9.97 Å². The average Bonchev–Trinajstić information content (AvgIpc) is 3.06. The zero-order chi connectivity index (χ0) is 13.8. The highest BCUT2D eigenvalue weighted by Crippen LogP contribution is 2.15. The van der Waals surface area contributed by atoms with Crippen LogP contribution in [-0.4, -0.2) is 33.0 Å². The van der Waals surface area contributed by atoms with Gasteiger partial charge < -0.3 is 8.98 Å². The normalized spacial score (nSPS) is 11.5. The smallest absolute Gasteiger partial charge is 0.209 e. The molecule has 0 aliphatic rings. The number of hydrogen-bond donors (Lipinski definition) is 0. The van der Waals surface area contributed by atoms with E-state index in [1.807, 2.05) is 43.0 Å². The number of aromatic nitrogens is 3. The van der Waals surface area contributed by atoms with Crippen LogP contribution in [0.4, 0.5) is 0 Å². The fourth-order valence-electron chi connectivity index (χ4n) is 2.24. The van der Waals surface area contributed by atoms with E-state index in [9.17, 15) is 0 Å². The number of oxazole rings is 1. The summed E-state index contributed by atoms with van der Waals surface area (Å²) in [6.45, 7) is 2.72. The number of rotatable bonds is 6. The molecule has 0 aliphatic heterocycles. The Bertz CT molecular complexity index is 626. The summed E-state index contributed by atoms with van der Waals surface area (Å²) < 4.78 is 7.81. The minimum atomic E-state index is 0.735. The number of nitrogens with zero attached hydrogens (tertiary/aromatic N) is 4. The number of fused-ring (bicyclic) bond motifs is 1. The molecular weight excluding hydrogens is 252 g/mol. The number of benzene rings is 1. The van der Waals surface area contributed by atoms with E-state index in [-0.39, 0.29) is 0 Å². The summed E-state index contributed by atoms with van der Waals surface area (Å²) in [7, 11) is 2.09. The van der Waals surface area contributed by atoms with Crippen LogP contribution in [-0.2, 0) is 13.1 Å². The molecule has 0 fully saturated rings. The molecule has 0 saturated heterocycles. The molecule has 0 unspecified atom stereocenters. The second-order valence-electron chi connectivity index (χ2n) is 4.97. The highest BCUT2D eigenvalue weighted by molar-refractivity contribution is 5.72. The number of hydrogen-bond acceptors (Lipinski definition) is 4. The van der Waals surface area contributed by atoms with E-state index in [1.54, 1.807) is 0 Å². The summed E-state index contributed by atoms with van der Waals surface area (Å²) in [4.78, 5) is 10.7. The van der Waals surface area contributed by atoms with E-state index in [0.29, 0.717) is 0 Å². The van der Waals surface area contributed by atoms with Crippen LogP contribution in [0.15, 0.2) is 47.4 Å². The Morgan fingerprint density at radius 3 is 3.00 bits per heavy atom. The first-order chi connectivity index (χ1) is 9.81. The van der Waals surface area contributed by atoms with E-state index in [0.717, 1.165) is 43.0 Å². The van der Waals surface area contributed by atoms with E-state index in [2.05, 4.69) is 26.5 Å². The van der Waals surface area contributed by atoms with E-state index >= 15 is 0 Å². The maximum Gasteiger partial charge on any atom is 0.209 e. The van der Waals surface area contributed by atoms with Crippen LogP contribution in [0.3, 0.4) is 0 Å². The van der Waals surface area contributed by atoms with Crippen LogP contribution in [0.5, 0.6) is 0 Å². The van der Waals surface area contributed by atoms with E-state index in [4.69, 9.17) is 4.42 Å². The third-order valence-corrected chi connectivity index (χ3v) is 3.26. The van der Waals surface area contributed by atoms with Crippen molar-refractivity contribution in [1.82, 2.24) is 19.4 Å². The molecule has 5 heteroatoms. The van der Waals surface area contributed by atoms with Gasteiger partial charge in [-0.05, 0) is 25.6 Å². The second kappa shape index (κ2) is 5.88. The molecule has 0 aliphatic carbocycles. The van der Waals surface area contributed by atoms with Gasteiger partial charge in [0.05, 0.1) is 12.9 Å². The summed E-state index contributed by atoms with van der Waals surface area (Å²) in [5.74, 6) is 0.774. The summed E-state index contributed by atoms with van der Waals surface area (Å²) in [6, 6.07) is 7.86. The average molecular weight is 270 g/mol. The van der Waals surface area contributed by atoms with Gasteiger partial charge in [-0.15, -0.1) is 0 Å². The molecule has 5 nitrogen and oxygen atoms in total. The highest BCUT2D eigenvalue weighted by Gasteiger charge is 2.07. The van der Waals surface area contributed by atoms with Gasteiger partial charge in [-0.3, -0.25) is 4.90 Å². The van der Waals surface area contributed by atoms with E-state index in [1.165, 1.54) is 0 Å². The van der Waals surface area contributed by atoms with Crippen molar-refractivity contribution in [2.45, 2.75) is 19.5 Å². The van der Waals surface area contributed by atoms with Gasteiger partial charge in [-0.1, -0.05) is 12.1 Å². The molecule has 1 aromatic carbocycles. The first kappa shape index (κ1) is 12.9. The monoisotopic (exact) mass is 270 g/mol. The lowest BCUT2D eigenvalue weighted by Crippen LogP contribution is -2.20. The molecule has 0 spiro atoms. The summed E-state index contributed by atoms with van der Waals surface area (Å²) in [6.07, 6.45) is 6.72. The summed E-state index contributed by atoms with van der Waals surface area (Å²) in [5.41, 5.74) is 1.78. The molecule has 20 heavy (non-hydrogen) atoms. The Morgan fingerprint density at radius 1 is 1.30 bits per heavy atom. The summed E-state index contributed by atoms with van der Waals surface area (Å²) in [5, 5.41) is 0.